The quantitative estimate of drug-likeness (QED) is 0.509. The number of nitrogens with one attached hydrogen (secondary N) is 1. The van der Waals surface area contributed by atoms with E-state index in [0.717, 1.165) is 11.3 Å². The molecule has 3 aromatic carbocycles. The molecule has 0 unspecified atom stereocenters. The van der Waals surface area contributed by atoms with E-state index in [1.807, 2.05) is 30.3 Å². The van der Waals surface area contributed by atoms with Crippen molar-refractivity contribution in [3.05, 3.63) is 83.4 Å². The molecule has 0 radical (unpaired) electrons. The lowest BCUT2D eigenvalue weighted by molar-refractivity contribution is -0.118. The first-order valence-electron chi connectivity index (χ1n) is 9.31. The average molecular weight is 402 g/mol. The molecule has 1 heterocycles. The van der Waals surface area contributed by atoms with Crippen molar-refractivity contribution < 1.29 is 14.3 Å². The lowest BCUT2D eigenvalue weighted by atomic mass is 10.1. The predicted octanol–water partition coefficient (Wildman–Crippen LogP) is 4.37. The molecule has 5 rings (SSSR count). The normalized spacial score (nSPS) is 14.1. The number of ether oxygens (including phenoxy) is 2. The molecule has 0 aromatic heterocycles. The molecule has 0 fully saturated rings. The highest BCUT2D eigenvalue weighted by molar-refractivity contribution is 8.00. The summed E-state index contributed by atoms with van der Waals surface area (Å²) in [5, 5.41) is 4.22. The van der Waals surface area contributed by atoms with Crippen molar-refractivity contribution in [2.75, 3.05) is 12.5 Å². The van der Waals surface area contributed by atoms with Gasteiger partial charge in [0.1, 0.15) is 0 Å². The van der Waals surface area contributed by atoms with Gasteiger partial charge in [0.2, 0.25) is 12.7 Å². The van der Waals surface area contributed by atoms with E-state index < -0.39 is 0 Å². The van der Waals surface area contributed by atoms with Crippen LogP contribution in [0.2, 0.25) is 0 Å². The minimum absolute atomic E-state index is 0.131. The summed E-state index contributed by atoms with van der Waals surface area (Å²) in [4.78, 5) is 12.3. The van der Waals surface area contributed by atoms with Gasteiger partial charge in [-0.3, -0.25) is 4.79 Å². The van der Waals surface area contributed by atoms with Crippen LogP contribution in [0.4, 0.5) is 0 Å². The maximum atomic E-state index is 12.3. The fourth-order valence-corrected chi connectivity index (χ4v) is 4.81. The van der Waals surface area contributed by atoms with E-state index in [4.69, 9.17) is 9.47 Å². The number of carbonyl (C=O) groups excluding carboxylic acids is 1. The number of hydrazone groups is 1. The molecular formula is C23H18N2O3S. The first-order chi connectivity index (χ1) is 14.3. The standard InChI is InChI=1S/C23H18N2O3S/c26-22(25-24-12-15-9-10-20-21(11-15)28-14-27-20)13-29-23-18-7-3-1-5-16(18)17-6-2-4-8-19(17)23/h1-12,23H,13-14H2,(H,25,26). The lowest BCUT2D eigenvalue weighted by Gasteiger charge is -2.12. The van der Waals surface area contributed by atoms with Gasteiger partial charge in [-0.2, -0.15) is 5.10 Å². The largest absolute Gasteiger partial charge is 0.454 e. The Morgan fingerprint density at radius 2 is 1.69 bits per heavy atom. The molecule has 1 amide bonds. The third kappa shape index (κ3) is 3.47. The molecule has 0 saturated heterocycles. The Morgan fingerprint density at radius 3 is 2.45 bits per heavy atom. The number of rotatable bonds is 5. The number of amides is 1. The number of fused-ring (bicyclic) bond motifs is 4. The van der Waals surface area contributed by atoms with Crippen LogP contribution < -0.4 is 14.9 Å². The van der Waals surface area contributed by atoms with Crippen molar-refractivity contribution in [1.29, 1.82) is 0 Å². The van der Waals surface area contributed by atoms with Crippen LogP contribution in [0.1, 0.15) is 21.9 Å². The summed E-state index contributed by atoms with van der Waals surface area (Å²) in [6.07, 6.45) is 1.60. The van der Waals surface area contributed by atoms with Gasteiger partial charge in [-0.25, -0.2) is 5.43 Å². The smallest absolute Gasteiger partial charge is 0.250 e. The average Bonchev–Trinajstić information content (AvgIpc) is 3.34. The SMILES string of the molecule is O=C(CSC1c2ccccc2-c2ccccc21)NN=Cc1ccc2c(c1)OCO2. The summed E-state index contributed by atoms with van der Waals surface area (Å²) >= 11 is 1.62. The molecule has 1 aliphatic carbocycles. The zero-order valence-electron chi connectivity index (χ0n) is 15.5. The maximum absolute atomic E-state index is 12.3. The molecule has 0 saturated carbocycles. The number of hydrogen-bond donors (Lipinski definition) is 1. The van der Waals surface area contributed by atoms with Crippen LogP contribution in [-0.4, -0.2) is 24.7 Å². The molecule has 144 valence electrons. The van der Waals surface area contributed by atoms with Crippen LogP contribution in [0.25, 0.3) is 11.1 Å². The van der Waals surface area contributed by atoms with E-state index in [1.54, 1.807) is 18.0 Å². The minimum atomic E-state index is -0.131. The second kappa shape index (κ2) is 7.64. The van der Waals surface area contributed by atoms with Gasteiger partial charge in [0.25, 0.3) is 0 Å². The summed E-state index contributed by atoms with van der Waals surface area (Å²) in [5.74, 6) is 1.61. The summed E-state index contributed by atoms with van der Waals surface area (Å²) in [7, 11) is 0. The highest BCUT2D eigenvalue weighted by Crippen LogP contribution is 2.49. The first-order valence-corrected chi connectivity index (χ1v) is 10.4. The fourth-order valence-electron chi connectivity index (χ4n) is 3.65. The molecule has 6 heteroatoms. The van der Waals surface area contributed by atoms with Crippen molar-refractivity contribution in [2.45, 2.75) is 5.25 Å². The van der Waals surface area contributed by atoms with Crippen LogP contribution in [0.5, 0.6) is 11.5 Å². The number of carbonyl (C=O) groups is 1. The number of benzene rings is 3. The van der Waals surface area contributed by atoms with E-state index >= 15 is 0 Å². The molecule has 0 atom stereocenters. The number of thioether (sulfide) groups is 1. The van der Waals surface area contributed by atoms with Crippen LogP contribution in [-0.2, 0) is 4.79 Å². The van der Waals surface area contributed by atoms with Crippen molar-refractivity contribution in [3.63, 3.8) is 0 Å². The molecule has 2 aliphatic rings. The summed E-state index contributed by atoms with van der Waals surface area (Å²) < 4.78 is 10.6. The highest BCUT2D eigenvalue weighted by Gasteiger charge is 2.28. The molecule has 3 aromatic rings. The molecule has 0 spiro atoms. The lowest BCUT2D eigenvalue weighted by Crippen LogP contribution is -2.20. The van der Waals surface area contributed by atoms with E-state index in [9.17, 15) is 4.79 Å². The zero-order valence-corrected chi connectivity index (χ0v) is 16.3. The third-order valence-electron chi connectivity index (χ3n) is 4.96. The van der Waals surface area contributed by atoms with Gasteiger partial charge in [-0.1, -0.05) is 48.5 Å². The molecule has 1 N–H and O–H groups in total. The van der Waals surface area contributed by atoms with Crippen LogP contribution in [0.15, 0.2) is 71.8 Å². The number of nitrogens with zero attached hydrogens (tertiary/aromatic N) is 1. The van der Waals surface area contributed by atoms with Crippen LogP contribution in [0, 0.1) is 0 Å². The van der Waals surface area contributed by atoms with Gasteiger partial charge in [0, 0.05) is 0 Å². The predicted molar refractivity (Wildman–Crippen MR) is 114 cm³/mol. The third-order valence-corrected chi connectivity index (χ3v) is 6.23. The maximum Gasteiger partial charge on any atom is 0.250 e. The van der Waals surface area contributed by atoms with E-state index in [2.05, 4.69) is 46.9 Å². The van der Waals surface area contributed by atoms with E-state index in [-0.39, 0.29) is 18.0 Å². The molecule has 29 heavy (non-hydrogen) atoms. The molecule has 1 aliphatic heterocycles. The fraction of sp³-hybridized carbons (Fsp3) is 0.130. The highest BCUT2D eigenvalue weighted by atomic mass is 32.2. The summed E-state index contributed by atoms with van der Waals surface area (Å²) in [6, 6.07) is 22.3. The monoisotopic (exact) mass is 402 g/mol. The summed E-state index contributed by atoms with van der Waals surface area (Å²) in [5.41, 5.74) is 8.47. The van der Waals surface area contributed by atoms with Gasteiger partial charge in [0.15, 0.2) is 11.5 Å². The topological polar surface area (TPSA) is 59.9 Å². The van der Waals surface area contributed by atoms with Gasteiger partial charge in [-0.05, 0) is 46.0 Å². The van der Waals surface area contributed by atoms with Gasteiger partial charge in [0.05, 0.1) is 17.2 Å². The Balaban J connectivity index is 1.22. The van der Waals surface area contributed by atoms with Crippen LogP contribution >= 0.6 is 11.8 Å². The molecule has 0 bridgehead atoms. The van der Waals surface area contributed by atoms with Gasteiger partial charge in [-0.15, -0.1) is 11.8 Å². The van der Waals surface area contributed by atoms with E-state index in [0.29, 0.717) is 11.5 Å². The second-order valence-electron chi connectivity index (χ2n) is 6.77. The van der Waals surface area contributed by atoms with Crippen molar-refractivity contribution in [3.8, 4) is 22.6 Å². The zero-order chi connectivity index (χ0) is 19.6. The van der Waals surface area contributed by atoms with Crippen molar-refractivity contribution >= 4 is 23.9 Å². The minimum Gasteiger partial charge on any atom is -0.454 e. The van der Waals surface area contributed by atoms with Crippen molar-refractivity contribution in [2.24, 2.45) is 5.10 Å². The van der Waals surface area contributed by atoms with E-state index in [1.165, 1.54) is 22.3 Å². The molecular weight excluding hydrogens is 384 g/mol. The van der Waals surface area contributed by atoms with Crippen LogP contribution in [0.3, 0.4) is 0 Å². The Labute approximate surface area is 172 Å². The molecule has 5 nitrogen and oxygen atoms in total. The Morgan fingerprint density at radius 1 is 1.00 bits per heavy atom. The Kier molecular flexibility index (Phi) is 4.69. The Bertz CT molecular complexity index is 1070. The van der Waals surface area contributed by atoms with Crippen molar-refractivity contribution in [1.82, 2.24) is 5.43 Å². The van der Waals surface area contributed by atoms with Gasteiger partial charge >= 0.3 is 0 Å². The summed E-state index contributed by atoms with van der Waals surface area (Å²) in [6.45, 7) is 0.233. The number of hydrogen-bond acceptors (Lipinski definition) is 5. The Hall–Kier alpha value is -3.25. The first kappa shape index (κ1) is 17.8. The van der Waals surface area contributed by atoms with Gasteiger partial charge < -0.3 is 9.47 Å². The second-order valence-corrected chi connectivity index (χ2v) is 7.86.